The van der Waals surface area contributed by atoms with Crippen molar-refractivity contribution >= 4 is 23.2 Å². The number of rotatable bonds is 6. The lowest BCUT2D eigenvalue weighted by Crippen LogP contribution is -2.39. The quantitative estimate of drug-likeness (QED) is 0.595. The lowest BCUT2D eigenvalue weighted by atomic mass is 9.96. The molecule has 0 atom stereocenters. The van der Waals surface area contributed by atoms with Gasteiger partial charge in [-0.25, -0.2) is 9.97 Å². The average molecular weight is 356 g/mol. The molecule has 1 fully saturated rings. The number of carbonyl (C=O) groups excluding carboxylic acids is 1. The van der Waals surface area contributed by atoms with Crippen molar-refractivity contribution in [3.63, 3.8) is 0 Å². The van der Waals surface area contributed by atoms with Gasteiger partial charge in [-0.15, -0.1) is 0 Å². The smallest absolute Gasteiger partial charge is 0.311 e. The Bertz CT molecular complexity index is 805. The van der Waals surface area contributed by atoms with Crippen LogP contribution in [0, 0.1) is 16.0 Å². The average Bonchev–Trinajstić information content (AvgIpc) is 2.67. The molecule has 9 nitrogen and oxygen atoms in total. The Labute approximate surface area is 150 Å². The van der Waals surface area contributed by atoms with E-state index >= 15 is 0 Å². The van der Waals surface area contributed by atoms with E-state index in [9.17, 15) is 14.9 Å². The molecule has 0 bridgehead atoms. The molecule has 0 saturated carbocycles. The fraction of sp³-hybridized carbons (Fsp3) is 0.353. The summed E-state index contributed by atoms with van der Waals surface area (Å²) in [6.07, 6.45) is 4.62. The SMILES string of the molecule is NC(=O)C1CCN(c2ncccc2CNc2ncccc2[N+](=O)[O-])CC1. The van der Waals surface area contributed by atoms with E-state index in [4.69, 9.17) is 5.73 Å². The van der Waals surface area contributed by atoms with Gasteiger partial charge in [-0.1, -0.05) is 6.07 Å². The third-order valence-corrected chi connectivity index (χ3v) is 4.49. The van der Waals surface area contributed by atoms with Crippen LogP contribution in [0.1, 0.15) is 18.4 Å². The van der Waals surface area contributed by atoms with Crippen LogP contribution in [0.5, 0.6) is 0 Å². The molecule has 0 spiro atoms. The Kier molecular flexibility index (Phi) is 5.26. The zero-order valence-corrected chi connectivity index (χ0v) is 14.2. The molecule has 0 aliphatic carbocycles. The molecule has 2 aromatic heterocycles. The number of hydrogen-bond acceptors (Lipinski definition) is 7. The lowest BCUT2D eigenvalue weighted by molar-refractivity contribution is -0.384. The van der Waals surface area contributed by atoms with E-state index in [0.29, 0.717) is 32.5 Å². The van der Waals surface area contributed by atoms with E-state index in [0.717, 1.165) is 11.4 Å². The first-order valence-electron chi connectivity index (χ1n) is 8.37. The second kappa shape index (κ2) is 7.77. The van der Waals surface area contributed by atoms with Gasteiger partial charge in [-0.2, -0.15) is 0 Å². The van der Waals surface area contributed by atoms with Crippen LogP contribution < -0.4 is 16.0 Å². The van der Waals surface area contributed by atoms with E-state index in [-0.39, 0.29) is 23.3 Å². The summed E-state index contributed by atoms with van der Waals surface area (Å²) in [7, 11) is 0. The second-order valence-electron chi connectivity index (χ2n) is 6.13. The Balaban J connectivity index is 1.73. The molecule has 9 heteroatoms. The van der Waals surface area contributed by atoms with Crippen LogP contribution in [0.2, 0.25) is 0 Å². The van der Waals surface area contributed by atoms with Crippen LogP contribution in [-0.4, -0.2) is 33.9 Å². The van der Waals surface area contributed by atoms with E-state index in [1.165, 1.54) is 18.3 Å². The largest absolute Gasteiger partial charge is 0.369 e. The Hall–Kier alpha value is -3.23. The minimum atomic E-state index is -0.464. The Morgan fingerprint density at radius 2 is 1.96 bits per heavy atom. The van der Waals surface area contributed by atoms with Gasteiger partial charge in [-0.05, 0) is 25.0 Å². The van der Waals surface area contributed by atoms with Crippen molar-refractivity contribution in [3.8, 4) is 0 Å². The third kappa shape index (κ3) is 3.88. The number of nitrogens with zero attached hydrogens (tertiary/aromatic N) is 4. The van der Waals surface area contributed by atoms with Gasteiger partial charge in [0, 0.05) is 49.6 Å². The van der Waals surface area contributed by atoms with Crippen LogP contribution >= 0.6 is 0 Å². The first-order chi connectivity index (χ1) is 12.6. The first kappa shape index (κ1) is 17.6. The summed E-state index contributed by atoms with van der Waals surface area (Å²) in [5.41, 5.74) is 6.22. The van der Waals surface area contributed by atoms with Crippen LogP contribution in [0.4, 0.5) is 17.3 Å². The Morgan fingerprint density at radius 3 is 2.65 bits per heavy atom. The van der Waals surface area contributed by atoms with Gasteiger partial charge in [0.2, 0.25) is 11.7 Å². The number of aromatic nitrogens is 2. The van der Waals surface area contributed by atoms with Crippen molar-refractivity contribution in [2.45, 2.75) is 19.4 Å². The van der Waals surface area contributed by atoms with Crippen molar-refractivity contribution in [3.05, 3.63) is 52.3 Å². The van der Waals surface area contributed by atoms with Crippen molar-refractivity contribution in [1.29, 1.82) is 0 Å². The maximum absolute atomic E-state index is 11.3. The zero-order valence-electron chi connectivity index (χ0n) is 14.2. The number of nitrogens with one attached hydrogen (secondary N) is 1. The van der Waals surface area contributed by atoms with Gasteiger partial charge in [0.05, 0.1) is 4.92 Å². The van der Waals surface area contributed by atoms with Gasteiger partial charge in [-0.3, -0.25) is 14.9 Å². The highest BCUT2D eigenvalue weighted by Crippen LogP contribution is 2.26. The number of pyridine rings is 2. The molecule has 0 unspecified atom stereocenters. The molecular weight excluding hydrogens is 336 g/mol. The highest BCUT2D eigenvalue weighted by Gasteiger charge is 2.25. The van der Waals surface area contributed by atoms with Gasteiger partial charge >= 0.3 is 5.69 Å². The van der Waals surface area contributed by atoms with Crippen LogP contribution in [0.3, 0.4) is 0 Å². The van der Waals surface area contributed by atoms with Crippen molar-refractivity contribution in [1.82, 2.24) is 9.97 Å². The number of nitro groups is 1. The number of amides is 1. The van der Waals surface area contributed by atoms with E-state index in [1.807, 2.05) is 12.1 Å². The lowest BCUT2D eigenvalue weighted by Gasteiger charge is -2.32. The molecule has 3 rings (SSSR count). The fourth-order valence-electron chi connectivity index (χ4n) is 3.09. The highest BCUT2D eigenvalue weighted by molar-refractivity contribution is 5.77. The standard InChI is InChI=1S/C17H20N6O3/c18-15(24)12-5-9-22(10-6-12)17-13(3-1-8-20-17)11-21-16-14(23(25)26)4-2-7-19-16/h1-4,7-8,12H,5-6,9-11H2,(H2,18,24)(H,19,21). The summed E-state index contributed by atoms with van der Waals surface area (Å²) in [6.45, 7) is 1.75. The van der Waals surface area contributed by atoms with E-state index in [2.05, 4.69) is 20.2 Å². The molecule has 0 aromatic carbocycles. The molecule has 1 aliphatic rings. The van der Waals surface area contributed by atoms with Gasteiger partial charge in [0.25, 0.3) is 0 Å². The summed E-state index contributed by atoms with van der Waals surface area (Å²) in [5.74, 6) is 0.684. The number of nitrogens with two attached hydrogens (primary N) is 1. The normalized spacial score (nSPS) is 14.8. The molecule has 26 heavy (non-hydrogen) atoms. The monoisotopic (exact) mass is 356 g/mol. The molecule has 2 aromatic rings. The van der Waals surface area contributed by atoms with E-state index < -0.39 is 4.92 Å². The van der Waals surface area contributed by atoms with Gasteiger partial charge in [0.15, 0.2) is 0 Å². The zero-order chi connectivity index (χ0) is 18.5. The third-order valence-electron chi connectivity index (χ3n) is 4.49. The predicted molar refractivity (Wildman–Crippen MR) is 96.6 cm³/mol. The summed E-state index contributed by atoms with van der Waals surface area (Å²) in [5, 5.41) is 14.1. The molecule has 3 N–H and O–H groups in total. The first-order valence-corrected chi connectivity index (χ1v) is 8.37. The van der Waals surface area contributed by atoms with Crippen LogP contribution in [-0.2, 0) is 11.3 Å². The highest BCUT2D eigenvalue weighted by atomic mass is 16.6. The summed E-state index contributed by atoms with van der Waals surface area (Å²) < 4.78 is 0. The molecule has 1 aliphatic heterocycles. The van der Waals surface area contributed by atoms with Gasteiger partial charge in [0.1, 0.15) is 5.82 Å². The van der Waals surface area contributed by atoms with Crippen molar-refractivity contribution in [2.24, 2.45) is 11.7 Å². The summed E-state index contributed by atoms with van der Waals surface area (Å²) >= 11 is 0. The molecular formula is C17H20N6O3. The summed E-state index contributed by atoms with van der Waals surface area (Å²) in [6, 6.07) is 6.68. The predicted octanol–water partition coefficient (Wildman–Crippen LogP) is 1.70. The van der Waals surface area contributed by atoms with Crippen molar-refractivity contribution < 1.29 is 9.72 Å². The van der Waals surface area contributed by atoms with Crippen LogP contribution in [0.15, 0.2) is 36.7 Å². The van der Waals surface area contributed by atoms with E-state index in [1.54, 1.807) is 6.20 Å². The topological polar surface area (TPSA) is 127 Å². The number of hydrogen-bond donors (Lipinski definition) is 2. The Morgan fingerprint density at radius 1 is 1.27 bits per heavy atom. The summed E-state index contributed by atoms with van der Waals surface area (Å²) in [4.78, 5) is 32.6. The molecule has 0 radical (unpaired) electrons. The maximum Gasteiger partial charge on any atom is 0.311 e. The number of piperidine rings is 1. The molecule has 136 valence electrons. The fourth-order valence-corrected chi connectivity index (χ4v) is 3.09. The minimum Gasteiger partial charge on any atom is -0.369 e. The maximum atomic E-state index is 11.3. The van der Waals surface area contributed by atoms with Gasteiger partial charge < -0.3 is 16.0 Å². The number of primary amides is 1. The molecule has 1 amide bonds. The minimum absolute atomic E-state index is 0.0692. The molecule has 3 heterocycles. The molecule has 1 saturated heterocycles. The van der Waals surface area contributed by atoms with Crippen LogP contribution in [0.25, 0.3) is 0 Å². The van der Waals surface area contributed by atoms with Crippen molar-refractivity contribution in [2.75, 3.05) is 23.3 Å². The number of carbonyl (C=O) groups is 1. The number of anilines is 2. The second-order valence-corrected chi connectivity index (χ2v) is 6.13.